The van der Waals surface area contributed by atoms with Crippen LogP contribution >= 0.6 is 0 Å². The second-order valence-electron chi connectivity index (χ2n) is 11.5. The van der Waals surface area contributed by atoms with Crippen molar-refractivity contribution in [3.8, 4) is 11.5 Å². The van der Waals surface area contributed by atoms with E-state index in [0.717, 1.165) is 4.90 Å². The van der Waals surface area contributed by atoms with Gasteiger partial charge in [-0.1, -0.05) is 32.9 Å². The Morgan fingerprint density at radius 2 is 1.47 bits per heavy atom. The average Bonchev–Trinajstić information content (AvgIpc) is 3.09. The molecule has 6 nitrogen and oxygen atoms in total. The summed E-state index contributed by atoms with van der Waals surface area (Å²) in [6.07, 6.45) is 1.08. The normalized spacial score (nSPS) is 16.7. The molecule has 8 heteroatoms. The molecule has 0 spiro atoms. The molecule has 1 aliphatic heterocycles. The van der Waals surface area contributed by atoms with Gasteiger partial charge in [-0.3, -0.25) is 4.79 Å². The Labute approximate surface area is 214 Å². The summed E-state index contributed by atoms with van der Waals surface area (Å²) in [4.78, 5) is 27.6. The maximum Gasteiger partial charge on any atom is 0.417 e. The summed E-state index contributed by atoms with van der Waals surface area (Å²) in [5.74, 6) is 0.267. The Bertz CT molecular complexity index is 1130. The minimum atomic E-state index is -2.11. The van der Waals surface area contributed by atoms with Crippen molar-refractivity contribution < 1.29 is 27.9 Å². The third kappa shape index (κ3) is 6.62. The van der Waals surface area contributed by atoms with Gasteiger partial charge in [0.2, 0.25) is 0 Å². The van der Waals surface area contributed by atoms with Gasteiger partial charge in [-0.25, -0.2) is 14.1 Å². The van der Waals surface area contributed by atoms with Crippen molar-refractivity contribution in [2.75, 3.05) is 6.61 Å². The molecule has 36 heavy (non-hydrogen) atoms. The van der Waals surface area contributed by atoms with Crippen LogP contribution in [0.4, 0.5) is 9.18 Å². The van der Waals surface area contributed by atoms with Gasteiger partial charge < -0.3 is 13.9 Å². The minimum Gasteiger partial charge on any atom is -0.457 e. The zero-order chi connectivity index (χ0) is 26.9. The molecule has 0 aromatic heterocycles. The highest BCUT2D eigenvalue weighted by Crippen LogP contribution is 2.38. The molecule has 0 saturated heterocycles. The first-order valence-corrected chi connectivity index (χ1v) is 14.9. The van der Waals surface area contributed by atoms with Crippen molar-refractivity contribution >= 4 is 25.9 Å². The van der Waals surface area contributed by atoms with E-state index in [-0.39, 0.29) is 17.5 Å². The third-order valence-electron chi connectivity index (χ3n) is 6.37. The molecule has 2 aromatic carbocycles. The highest BCUT2D eigenvalue weighted by molar-refractivity contribution is 6.74. The van der Waals surface area contributed by atoms with Crippen LogP contribution in [0, 0.1) is 5.82 Å². The van der Waals surface area contributed by atoms with Crippen LogP contribution in [0.1, 0.15) is 47.1 Å². The van der Waals surface area contributed by atoms with E-state index in [4.69, 9.17) is 13.9 Å². The maximum atomic E-state index is 13.4. The van der Waals surface area contributed by atoms with E-state index in [2.05, 4.69) is 33.9 Å². The lowest BCUT2D eigenvalue weighted by Crippen LogP contribution is -2.48. The molecule has 0 radical (unpaired) electrons. The molecular formula is C28H36FNO5Si. The molecule has 0 saturated carbocycles. The summed E-state index contributed by atoms with van der Waals surface area (Å²) < 4.78 is 30.8. The molecule has 0 N–H and O–H groups in total. The first kappa shape index (κ1) is 27.6. The van der Waals surface area contributed by atoms with E-state index in [1.165, 1.54) is 24.3 Å². The van der Waals surface area contributed by atoms with Gasteiger partial charge in [0.05, 0.1) is 12.6 Å². The summed E-state index contributed by atoms with van der Waals surface area (Å²) in [5, 5.41) is -0.0146. The molecule has 194 valence electrons. The zero-order valence-electron chi connectivity index (χ0n) is 22.3. The van der Waals surface area contributed by atoms with Gasteiger partial charge >= 0.3 is 6.09 Å². The lowest BCUT2D eigenvalue weighted by atomic mass is 10.1. The highest BCUT2D eigenvalue weighted by Gasteiger charge is 2.43. The summed E-state index contributed by atoms with van der Waals surface area (Å²) in [7, 11) is -2.11. The van der Waals surface area contributed by atoms with Crippen molar-refractivity contribution in [2.45, 2.75) is 71.3 Å². The van der Waals surface area contributed by atoms with Gasteiger partial charge in [0.25, 0.3) is 5.91 Å². The first-order valence-electron chi connectivity index (χ1n) is 12.0. The molecule has 1 aliphatic rings. The largest absolute Gasteiger partial charge is 0.457 e. The van der Waals surface area contributed by atoms with Crippen LogP contribution in [0.5, 0.6) is 11.5 Å². The number of rotatable bonds is 6. The number of amides is 2. The van der Waals surface area contributed by atoms with Crippen molar-refractivity contribution in [3.05, 3.63) is 66.0 Å². The highest BCUT2D eigenvalue weighted by atomic mass is 28.4. The number of hydrogen-bond donors (Lipinski definition) is 0. The van der Waals surface area contributed by atoms with E-state index in [0.29, 0.717) is 22.6 Å². The number of benzene rings is 2. The van der Waals surface area contributed by atoms with Crippen LogP contribution in [0.15, 0.2) is 54.6 Å². The zero-order valence-corrected chi connectivity index (χ0v) is 23.3. The Hall–Kier alpha value is -2.97. The number of ether oxygens (including phenoxy) is 2. The number of imide groups is 1. The smallest absolute Gasteiger partial charge is 0.417 e. The Kier molecular flexibility index (Phi) is 7.81. The molecule has 0 unspecified atom stereocenters. The summed E-state index contributed by atoms with van der Waals surface area (Å²) in [5.41, 5.74) is 0.303. The number of hydrogen-bond acceptors (Lipinski definition) is 5. The fourth-order valence-electron chi connectivity index (χ4n) is 3.34. The van der Waals surface area contributed by atoms with E-state index in [1.54, 1.807) is 51.1 Å². The second-order valence-corrected chi connectivity index (χ2v) is 16.3. The van der Waals surface area contributed by atoms with E-state index in [1.807, 2.05) is 0 Å². The molecule has 1 heterocycles. The van der Waals surface area contributed by atoms with Gasteiger partial charge in [0.1, 0.15) is 22.9 Å². The van der Waals surface area contributed by atoms with E-state index < -0.39 is 32.0 Å². The second kappa shape index (κ2) is 10.2. The number of carbonyl (C=O) groups is 2. The predicted molar refractivity (Wildman–Crippen MR) is 141 cm³/mol. The Morgan fingerprint density at radius 3 is 1.97 bits per heavy atom. The van der Waals surface area contributed by atoms with Crippen molar-refractivity contribution in [3.63, 3.8) is 0 Å². The van der Waals surface area contributed by atoms with Crippen molar-refractivity contribution in [2.24, 2.45) is 0 Å². The van der Waals surface area contributed by atoms with Gasteiger partial charge in [-0.2, -0.15) is 0 Å². The SMILES string of the molecule is CC(C)(C)OC(=O)N1C(=O)C(c2ccc(Oc3ccc(F)cc3)cc2)=C[C@@H]1CO[Si](C)(C)C(C)(C)C. The number of nitrogens with zero attached hydrogens (tertiary/aromatic N) is 1. The Balaban J connectivity index is 1.84. The minimum absolute atomic E-state index is 0.0146. The molecule has 3 rings (SSSR count). The molecule has 1 atom stereocenters. The van der Waals surface area contributed by atoms with Crippen molar-refractivity contribution in [1.82, 2.24) is 4.90 Å². The van der Waals surface area contributed by atoms with Crippen molar-refractivity contribution in [1.29, 1.82) is 0 Å². The lowest BCUT2D eigenvalue weighted by Gasteiger charge is -2.37. The van der Waals surface area contributed by atoms with Gasteiger partial charge in [-0.05, 0) is 86.9 Å². The fourth-order valence-corrected chi connectivity index (χ4v) is 4.36. The fraction of sp³-hybridized carbons (Fsp3) is 0.429. The molecular weight excluding hydrogens is 477 g/mol. The van der Waals surface area contributed by atoms with Crippen LogP contribution in [0.3, 0.4) is 0 Å². The first-order chi connectivity index (χ1) is 16.6. The molecule has 0 bridgehead atoms. The van der Waals surface area contributed by atoms with Crippen LogP contribution in [-0.4, -0.2) is 43.5 Å². The number of carbonyl (C=O) groups excluding carboxylic acids is 2. The summed E-state index contributed by atoms with van der Waals surface area (Å²) in [6.45, 7) is 16.2. The molecule has 2 aromatic rings. The summed E-state index contributed by atoms with van der Waals surface area (Å²) >= 11 is 0. The standard InChI is InChI=1S/C28H36FNO5Si/c1-27(2,3)35-26(32)30-21(18-33-36(7,8)28(4,5)6)17-24(25(30)31)19-9-13-22(14-10-19)34-23-15-11-20(29)12-16-23/h9-17,21H,18H2,1-8H3/t21-/m1/s1. The predicted octanol–water partition coefficient (Wildman–Crippen LogP) is 7.17. The van der Waals surface area contributed by atoms with Crippen LogP contribution in [0.25, 0.3) is 5.57 Å². The van der Waals surface area contributed by atoms with Crippen LogP contribution < -0.4 is 4.74 Å². The average molecular weight is 514 g/mol. The molecule has 0 fully saturated rings. The van der Waals surface area contributed by atoms with Gasteiger partial charge in [0.15, 0.2) is 8.32 Å². The quantitative estimate of drug-likeness (QED) is 0.383. The molecule has 2 amide bonds. The monoisotopic (exact) mass is 513 g/mol. The molecule has 0 aliphatic carbocycles. The third-order valence-corrected chi connectivity index (χ3v) is 10.9. The van der Waals surface area contributed by atoms with Crippen LogP contribution in [0.2, 0.25) is 18.1 Å². The summed E-state index contributed by atoms with van der Waals surface area (Å²) in [6, 6.07) is 12.1. The maximum absolute atomic E-state index is 13.4. The topological polar surface area (TPSA) is 65.1 Å². The van der Waals surface area contributed by atoms with Gasteiger partial charge in [-0.15, -0.1) is 0 Å². The van der Waals surface area contributed by atoms with E-state index >= 15 is 0 Å². The van der Waals surface area contributed by atoms with E-state index in [9.17, 15) is 14.0 Å². The Morgan fingerprint density at radius 1 is 0.944 bits per heavy atom. The van der Waals surface area contributed by atoms with Gasteiger partial charge in [0, 0.05) is 5.57 Å². The lowest BCUT2D eigenvalue weighted by molar-refractivity contribution is -0.124. The van der Waals surface area contributed by atoms with Crippen LogP contribution in [-0.2, 0) is 14.0 Å². The number of halogens is 1.